The highest BCUT2D eigenvalue weighted by Gasteiger charge is 2.27. The van der Waals surface area contributed by atoms with Gasteiger partial charge in [0.15, 0.2) is 5.65 Å². The largest absolute Gasteiger partial charge is 0.465 e. The Kier molecular flexibility index (Phi) is 5.60. The average Bonchev–Trinajstić information content (AvgIpc) is 3.20. The van der Waals surface area contributed by atoms with Gasteiger partial charge in [0, 0.05) is 16.6 Å². The van der Waals surface area contributed by atoms with Crippen molar-refractivity contribution < 1.29 is 14.3 Å². The minimum atomic E-state index is -0.395. The third-order valence-electron chi connectivity index (χ3n) is 5.47. The molecule has 0 fully saturated rings. The van der Waals surface area contributed by atoms with E-state index < -0.39 is 5.97 Å². The number of esters is 1. The van der Waals surface area contributed by atoms with Crippen LogP contribution in [-0.4, -0.2) is 33.8 Å². The van der Waals surface area contributed by atoms with Crippen LogP contribution in [-0.2, 0) is 17.6 Å². The molecule has 0 atom stereocenters. The van der Waals surface area contributed by atoms with Gasteiger partial charge >= 0.3 is 5.97 Å². The zero-order valence-corrected chi connectivity index (χ0v) is 18.6. The predicted molar refractivity (Wildman–Crippen MR) is 118 cm³/mol. The Balaban J connectivity index is 1.76. The van der Waals surface area contributed by atoms with Gasteiger partial charge < -0.3 is 10.1 Å². The molecule has 0 bridgehead atoms. The zero-order valence-electron chi connectivity index (χ0n) is 17.7. The molecule has 1 amide bonds. The maximum Gasteiger partial charge on any atom is 0.341 e. The Hall–Kier alpha value is -2.74. The number of hydrogen-bond acceptors (Lipinski definition) is 6. The van der Waals surface area contributed by atoms with Crippen LogP contribution in [0.15, 0.2) is 12.3 Å². The molecule has 3 aromatic rings. The van der Waals surface area contributed by atoms with Gasteiger partial charge in [-0.05, 0) is 58.1 Å². The number of aryl methyl sites for hydroxylation is 2. The highest BCUT2D eigenvalue weighted by atomic mass is 32.1. The molecule has 0 spiro atoms. The SMILES string of the molecule is COC(=O)c1c(NC(=O)c2cc(C)nc3c2cnn3C(C)C)sc2c1CCCCC2. The van der Waals surface area contributed by atoms with Crippen LogP contribution in [0.2, 0.25) is 0 Å². The molecule has 30 heavy (non-hydrogen) atoms. The third-order valence-corrected chi connectivity index (χ3v) is 6.67. The molecule has 0 saturated heterocycles. The van der Waals surface area contributed by atoms with Gasteiger partial charge in [-0.1, -0.05) is 6.42 Å². The number of anilines is 1. The number of thiophene rings is 1. The summed E-state index contributed by atoms with van der Waals surface area (Å²) in [6, 6.07) is 1.90. The number of nitrogens with one attached hydrogen (secondary N) is 1. The lowest BCUT2D eigenvalue weighted by atomic mass is 10.1. The van der Waals surface area contributed by atoms with Crippen molar-refractivity contribution in [1.82, 2.24) is 14.8 Å². The summed E-state index contributed by atoms with van der Waals surface area (Å²) in [4.78, 5) is 31.6. The molecule has 158 valence electrons. The smallest absolute Gasteiger partial charge is 0.341 e. The third kappa shape index (κ3) is 3.60. The number of carbonyl (C=O) groups is 2. The van der Waals surface area contributed by atoms with Crippen LogP contribution in [0.3, 0.4) is 0 Å². The Morgan fingerprint density at radius 3 is 2.73 bits per heavy atom. The van der Waals surface area contributed by atoms with Gasteiger partial charge in [-0.2, -0.15) is 5.10 Å². The summed E-state index contributed by atoms with van der Waals surface area (Å²) in [6.07, 6.45) is 6.74. The van der Waals surface area contributed by atoms with Gasteiger partial charge in [0.1, 0.15) is 5.00 Å². The summed E-state index contributed by atoms with van der Waals surface area (Å²) < 4.78 is 6.85. The summed E-state index contributed by atoms with van der Waals surface area (Å²) in [6.45, 7) is 5.91. The van der Waals surface area contributed by atoms with E-state index in [0.29, 0.717) is 27.2 Å². The first kappa shape index (κ1) is 20.5. The van der Waals surface area contributed by atoms with Crippen molar-refractivity contribution in [3.05, 3.63) is 39.5 Å². The van der Waals surface area contributed by atoms with Crippen molar-refractivity contribution >= 4 is 39.2 Å². The average molecular weight is 427 g/mol. The summed E-state index contributed by atoms with van der Waals surface area (Å²) in [5, 5.41) is 8.67. The molecule has 0 aromatic carbocycles. The van der Waals surface area contributed by atoms with Gasteiger partial charge in [0.05, 0.1) is 29.8 Å². The second kappa shape index (κ2) is 8.18. The Morgan fingerprint density at radius 2 is 2.00 bits per heavy atom. The van der Waals surface area contributed by atoms with Crippen LogP contribution in [0.25, 0.3) is 11.0 Å². The highest BCUT2D eigenvalue weighted by Crippen LogP contribution is 2.38. The molecule has 1 aliphatic carbocycles. The number of ether oxygens (including phenoxy) is 1. The maximum atomic E-state index is 13.3. The molecule has 0 aliphatic heterocycles. The number of aromatic nitrogens is 3. The fraction of sp³-hybridized carbons (Fsp3) is 0.455. The molecule has 0 radical (unpaired) electrons. The van der Waals surface area contributed by atoms with E-state index in [1.54, 1.807) is 12.3 Å². The minimum Gasteiger partial charge on any atom is -0.465 e. The molecule has 3 aromatic heterocycles. The van der Waals surface area contributed by atoms with E-state index in [2.05, 4.69) is 15.4 Å². The van der Waals surface area contributed by atoms with E-state index in [4.69, 9.17) is 4.74 Å². The number of nitrogens with zero attached hydrogens (tertiary/aromatic N) is 3. The van der Waals surface area contributed by atoms with Gasteiger partial charge in [-0.15, -0.1) is 11.3 Å². The van der Waals surface area contributed by atoms with Crippen LogP contribution in [0.5, 0.6) is 0 Å². The van der Waals surface area contributed by atoms with E-state index in [1.165, 1.54) is 23.3 Å². The van der Waals surface area contributed by atoms with Gasteiger partial charge in [-0.3, -0.25) is 4.79 Å². The van der Waals surface area contributed by atoms with Crippen LogP contribution in [0, 0.1) is 6.92 Å². The number of pyridine rings is 1. The van der Waals surface area contributed by atoms with Gasteiger partial charge in [-0.25, -0.2) is 14.5 Å². The summed E-state index contributed by atoms with van der Waals surface area (Å²) in [5.41, 5.74) is 3.47. The van der Waals surface area contributed by atoms with Crippen LogP contribution >= 0.6 is 11.3 Å². The van der Waals surface area contributed by atoms with Crippen molar-refractivity contribution in [1.29, 1.82) is 0 Å². The van der Waals surface area contributed by atoms with Crippen molar-refractivity contribution in [2.45, 2.75) is 58.9 Å². The fourth-order valence-corrected chi connectivity index (χ4v) is 5.30. The highest BCUT2D eigenvalue weighted by molar-refractivity contribution is 7.17. The lowest BCUT2D eigenvalue weighted by molar-refractivity contribution is 0.0601. The van der Waals surface area contributed by atoms with Crippen LogP contribution < -0.4 is 5.32 Å². The molecule has 1 aliphatic rings. The Labute approximate surface area is 179 Å². The minimum absolute atomic E-state index is 0.131. The second-order valence-corrected chi connectivity index (χ2v) is 9.05. The maximum absolute atomic E-state index is 13.3. The second-order valence-electron chi connectivity index (χ2n) is 7.95. The Bertz CT molecular complexity index is 1130. The number of carbonyl (C=O) groups excluding carboxylic acids is 2. The molecule has 4 rings (SSSR count). The van der Waals surface area contributed by atoms with Crippen molar-refractivity contribution in [3.63, 3.8) is 0 Å². The fourth-order valence-electron chi connectivity index (χ4n) is 4.03. The summed E-state index contributed by atoms with van der Waals surface area (Å²) in [5.74, 6) is -0.663. The quantitative estimate of drug-likeness (QED) is 0.483. The molecular formula is C22H26N4O3S. The molecule has 0 saturated carbocycles. The number of amides is 1. The summed E-state index contributed by atoms with van der Waals surface area (Å²) in [7, 11) is 1.38. The van der Waals surface area contributed by atoms with Gasteiger partial charge in [0.25, 0.3) is 5.91 Å². The summed E-state index contributed by atoms with van der Waals surface area (Å²) >= 11 is 1.49. The van der Waals surface area contributed by atoms with Crippen LogP contribution in [0.1, 0.15) is 76.0 Å². The van der Waals surface area contributed by atoms with Crippen molar-refractivity contribution in [3.8, 4) is 0 Å². The van der Waals surface area contributed by atoms with E-state index in [9.17, 15) is 9.59 Å². The lowest BCUT2D eigenvalue weighted by Gasteiger charge is -2.10. The number of methoxy groups -OCH3 is 1. The first-order valence-corrected chi connectivity index (χ1v) is 11.1. The Morgan fingerprint density at radius 1 is 1.23 bits per heavy atom. The van der Waals surface area contributed by atoms with E-state index in [-0.39, 0.29) is 11.9 Å². The normalized spacial score (nSPS) is 13.9. The molecule has 3 heterocycles. The first-order valence-electron chi connectivity index (χ1n) is 10.3. The van der Waals surface area contributed by atoms with Crippen molar-refractivity contribution in [2.24, 2.45) is 0 Å². The topological polar surface area (TPSA) is 86.1 Å². The molecule has 7 nitrogen and oxygen atoms in total. The predicted octanol–water partition coefficient (Wildman–Crippen LogP) is 4.69. The van der Waals surface area contributed by atoms with E-state index in [1.807, 2.05) is 25.5 Å². The van der Waals surface area contributed by atoms with E-state index >= 15 is 0 Å². The monoisotopic (exact) mass is 426 g/mol. The molecule has 0 unspecified atom stereocenters. The van der Waals surface area contributed by atoms with Gasteiger partial charge in [0.2, 0.25) is 0 Å². The lowest BCUT2D eigenvalue weighted by Crippen LogP contribution is -2.15. The number of fused-ring (bicyclic) bond motifs is 2. The van der Waals surface area contributed by atoms with Crippen LogP contribution in [0.4, 0.5) is 5.00 Å². The molecular weight excluding hydrogens is 400 g/mol. The number of hydrogen-bond donors (Lipinski definition) is 1. The molecule has 1 N–H and O–H groups in total. The zero-order chi connectivity index (χ0) is 21.4. The van der Waals surface area contributed by atoms with Crippen molar-refractivity contribution in [2.75, 3.05) is 12.4 Å². The molecule has 8 heteroatoms. The number of rotatable bonds is 4. The van der Waals surface area contributed by atoms with E-state index in [0.717, 1.165) is 43.4 Å². The standard InChI is InChI=1S/C22H26N4O3S/c1-12(2)26-19-16(11-23-26)15(10-13(3)24-19)20(27)25-21-18(22(28)29-4)14-8-6-5-7-9-17(14)30-21/h10-12H,5-9H2,1-4H3,(H,25,27). The first-order chi connectivity index (χ1) is 14.4.